The fourth-order valence-electron chi connectivity index (χ4n) is 3.02. The average molecular weight is 253 g/mol. The van der Waals surface area contributed by atoms with Gasteiger partial charge in [-0.15, -0.1) is 0 Å². The van der Waals surface area contributed by atoms with Crippen molar-refractivity contribution in [2.75, 3.05) is 13.6 Å². The fourth-order valence-corrected chi connectivity index (χ4v) is 3.02. The molecule has 2 aliphatic carbocycles. The number of urea groups is 1. The highest BCUT2D eigenvalue weighted by molar-refractivity contribution is 5.75. The zero-order valence-electron chi connectivity index (χ0n) is 11.7. The highest BCUT2D eigenvalue weighted by Gasteiger charge is 2.39. The molecule has 0 spiro atoms. The normalized spacial score (nSPS) is 32.7. The third kappa shape index (κ3) is 2.63. The summed E-state index contributed by atoms with van der Waals surface area (Å²) in [5.41, 5.74) is 5.87. The van der Waals surface area contributed by atoms with Gasteiger partial charge < -0.3 is 16.0 Å². The van der Waals surface area contributed by atoms with Crippen LogP contribution in [0, 0.1) is 5.92 Å². The molecule has 18 heavy (non-hydrogen) atoms. The second-order valence-electron chi connectivity index (χ2n) is 6.25. The minimum absolute atomic E-state index is 0.0692. The van der Waals surface area contributed by atoms with Gasteiger partial charge in [-0.2, -0.15) is 0 Å². The summed E-state index contributed by atoms with van der Waals surface area (Å²) in [6, 6.07) is 0.469. The van der Waals surface area contributed by atoms with Gasteiger partial charge in [0.15, 0.2) is 0 Å². The highest BCUT2D eigenvalue weighted by Crippen LogP contribution is 2.35. The molecule has 2 amide bonds. The van der Waals surface area contributed by atoms with Crippen LogP contribution in [0.25, 0.3) is 0 Å². The number of hydrogen-bond acceptors (Lipinski definition) is 2. The molecular weight excluding hydrogens is 226 g/mol. The van der Waals surface area contributed by atoms with Crippen LogP contribution in [0.1, 0.15) is 51.9 Å². The molecule has 0 aromatic carbocycles. The molecule has 0 aromatic heterocycles. The lowest BCUT2D eigenvalue weighted by molar-refractivity contribution is 0.0864. The topological polar surface area (TPSA) is 58.4 Å². The van der Waals surface area contributed by atoms with E-state index < -0.39 is 0 Å². The Morgan fingerprint density at radius 3 is 2.39 bits per heavy atom. The fraction of sp³-hybridized carbons (Fsp3) is 0.929. The Morgan fingerprint density at radius 1 is 1.33 bits per heavy atom. The Labute approximate surface area is 110 Å². The van der Waals surface area contributed by atoms with Crippen LogP contribution < -0.4 is 11.1 Å². The molecular formula is C14H27N3O. The highest BCUT2D eigenvalue weighted by atomic mass is 16.2. The van der Waals surface area contributed by atoms with Crippen LogP contribution in [-0.2, 0) is 0 Å². The molecule has 3 N–H and O–H groups in total. The van der Waals surface area contributed by atoms with Crippen LogP contribution in [0.4, 0.5) is 4.79 Å². The minimum atomic E-state index is -0.111. The average Bonchev–Trinajstić information content (AvgIpc) is 2.34. The van der Waals surface area contributed by atoms with Crippen LogP contribution in [0.5, 0.6) is 0 Å². The Kier molecular flexibility index (Phi) is 4.15. The van der Waals surface area contributed by atoms with Crippen molar-refractivity contribution in [2.24, 2.45) is 11.7 Å². The van der Waals surface area contributed by atoms with Crippen molar-refractivity contribution >= 4 is 6.03 Å². The van der Waals surface area contributed by atoms with Crippen LogP contribution in [0.3, 0.4) is 0 Å². The zero-order valence-corrected chi connectivity index (χ0v) is 11.7. The lowest BCUT2D eigenvalue weighted by atomic mass is 9.76. The number of hydrogen-bond donors (Lipinski definition) is 2. The standard InChI is InChI=1S/C14H27N3O/c1-11-6-8-14(10-15,9-7-11)17(2)13(18)16-12-4-3-5-12/h11-12H,3-10,15H2,1-2H3,(H,16,18). The van der Waals surface area contributed by atoms with Crippen molar-refractivity contribution < 1.29 is 4.79 Å². The second-order valence-corrected chi connectivity index (χ2v) is 6.25. The number of nitrogens with two attached hydrogens (primary N) is 1. The third-order valence-corrected chi connectivity index (χ3v) is 5.03. The molecule has 2 saturated carbocycles. The van der Waals surface area contributed by atoms with Crippen LogP contribution in [-0.4, -0.2) is 36.1 Å². The second kappa shape index (κ2) is 5.47. The van der Waals surface area contributed by atoms with Gasteiger partial charge in [-0.3, -0.25) is 0 Å². The molecule has 2 rings (SSSR count). The van der Waals surface area contributed by atoms with Gasteiger partial charge in [0.1, 0.15) is 0 Å². The predicted octanol–water partition coefficient (Wildman–Crippen LogP) is 2.09. The number of carbonyl (C=O) groups excluding carboxylic acids is 1. The summed E-state index contributed by atoms with van der Waals surface area (Å²) >= 11 is 0. The molecule has 0 radical (unpaired) electrons. The Bertz CT molecular complexity index is 293. The van der Waals surface area contributed by atoms with Crippen molar-refractivity contribution in [3.05, 3.63) is 0 Å². The number of carbonyl (C=O) groups is 1. The molecule has 0 saturated heterocycles. The van der Waals surface area contributed by atoms with E-state index in [9.17, 15) is 4.79 Å². The van der Waals surface area contributed by atoms with Gasteiger partial charge in [-0.25, -0.2) is 4.79 Å². The molecule has 0 heterocycles. The van der Waals surface area contributed by atoms with Gasteiger partial charge in [0.2, 0.25) is 0 Å². The summed E-state index contributed by atoms with van der Waals surface area (Å²) in [5.74, 6) is 0.771. The van der Waals surface area contributed by atoms with Crippen LogP contribution in [0.15, 0.2) is 0 Å². The number of nitrogens with zero attached hydrogens (tertiary/aromatic N) is 1. The lowest BCUT2D eigenvalue weighted by Gasteiger charge is -2.46. The van der Waals surface area contributed by atoms with E-state index in [1.807, 2.05) is 11.9 Å². The smallest absolute Gasteiger partial charge is 0.317 e. The summed E-state index contributed by atoms with van der Waals surface area (Å²) < 4.78 is 0. The molecule has 0 aliphatic heterocycles. The van der Waals surface area contributed by atoms with E-state index >= 15 is 0 Å². The molecule has 104 valence electrons. The van der Waals surface area contributed by atoms with E-state index in [-0.39, 0.29) is 11.6 Å². The summed E-state index contributed by atoms with van der Waals surface area (Å²) in [6.07, 6.45) is 7.95. The number of likely N-dealkylation sites (N-methyl/N-ethyl adjacent to an activating group) is 1. The maximum absolute atomic E-state index is 12.3. The predicted molar refractivity (Wildman–Crippen MR) is 73.4 cm³/mol. The minimum Gasteiger partial charge on any atom is -0.335 e. The lowest BCUT2D eigenvalue weighted by Crippen LogP contribution is -2.60. The van der Waals surface area contributed by atoms with Crippen molar-refractivity contribution in [3.63, 3.8) is 0 Å². The molecule has 0 atom stereocenters. The summed E-state index contributed by atoms with van der Waals surface area (Å²) in [6.45, 7) is 2.86. The first-order valence-electron chi connectivity index (χ1n) is 7.32. The molecule has 2 fully saturated rings. The molecule has 4 nitrogen and oxygen atoms in total. The van der Waals surface area contributed by atoms with E-state index in [1.165, 1.54) is 19.3 Å². The van der Waals surface area contributed by atoms with Crippen molar-refractivity contribution in [1.29, 1.82) is 0 Å². The summed E-state index contributed by atoms with van der Waals surface area (Å²) in [7, 11) is 1.91. The Hall–Kier alpha value is -0.770. The molecule has 4 heteroatoms. The summed E-state index contributed by atoms with van der Waals surface area (Å²) in [4.78, 5) is 14.1. The van der Waals surface area contributed by atoms with Gasteiger partial charge in [-0.05, 0) is 50.9 Å². The van der Waals surface area contributed by atoms with E-state index in [4.69, 9.17) is 5.73 Å². The maximum atomic E-state index is 12.3. The van der Waals surface area contributed by atoms with Gasteiger partial charge >= 0.3 is 6.03 Å². The van der Waals surface area contributed by atoms with Crippen LogP contribution in [0.2, 0.25) is 0 Å². The first-order chi connectivity index (χ1) is 8.57. The van der Waals surface area contributed by atoms with Crippen molar-refractivity contribution in [3.8, 4) is 0 Å². The van der Waals surface area contributed by atoms with E-state index in [1.54, 1.807) is 0 Å². The number of amides is 2. The molecule has 2 aliphatic rings. The Morgan fingerprint density at radius 2 is 1.94 bits per heavy atom. The maximum Gasteiger partial charge on any atom is 0.317 e. The number of nitrogens with one attached hydrogen (secondary N) is 1. The van der Waals surface area contributed by atoms with Crippen LogP contribution >= 0.6 is 0 Å². The molecule has 0 unspecified atom stereocenters. The first kappa shape index (κ1) is 13.7. The van der Waals surface area contributed by atoms with Gasteiger partial charge in [0, 0.05) is 19.6 Å². The van der Waals surface area contributed by atoms with Gasteiger partial charge in [0.05, 0.1) is 5.54 Å². The molecule has 0 bridgehead atoms. The molecule has 0 aromatic rings. The first-order valence-corrected chi connectivity index (χ1v) is 7.32. The van der Waals surface area contributed by atoms with E-state index in [0.29, 0.717) is 12.6 Å². The van der Waals surface area contributed by atoms with Crippen molar-refractivity contribution in [2.45, 2.75) is 63.5 Å². The third-order valence-electron chi connectivity index (χ3n) is 5.03. The SMILES string of the molecule is CC1CCC(CN)(N(C)C(=O)NC2CCC2)CC1. The summed E-state index contributed by atoms with van der Waals surface area (Å²) in [5, 5.41) is 3.12. The van der Waals surface area contributed by atoms with E-state index in [0.717, 1.165) is 31.6 Å². The van der Waals surface area contributed by atoms with E-state index in [2.05, 4.69) is 12.2 Å². The van der Waals surface area contributed by atoms with Crippen molar-refractivity contribution in [1.82, 2.24) is 10.2 Å². The van der Waals surface area contributed by atoms with Gasteiger partial charge in [-0.1, -0.05) is 6.92 Å². The zero-order chi connectivity index (χ0) is 13.2. The largest absolute Gasteiger partial charge is 0.335 e. The quantitative estimate of drug-likeness (QED) is 0.809. The monoisotopic (exact) mass is 253 g/mol. The van der Waals surface area contributed by atoms with Gasteiger partial charge in [0.25, 0.3) is 0 Å². The Balaban J connectivity index is 1.95. The number of rotatable bonds is 3.